The zero-order chi connectivity index (χ0) is 20.5. The summed E-state index contributed by atoms with van der Waals surface area (Å²) in [7, 11) is 0. The molecule has 2 aromatic rings. The van der Waals surface area contributed by atoms with Crippen molar-refractivity contribution in [2.45, 2.75) is 64.7 Å². The molecule has 2 aromatic heterocycles. The maximum absolute atomic E-state index is 12.3. The van der Waals surface area contributed by atoms with E-state index < -0.39 is 5.38 Å². The Hall–Kier alpha value is -1.40. The Morgan fingerprint density at radius 3 is 2.72 bits per heavy atom. The van der Waals surface area contributed by atoms with E-state index in [2.05, 4.69) is 18.7 Å². The van der Waals surface area contributed by atoms with E-state index in [4.69, 9.17) is 21.6 Å². The van der Waals surface area contributed by atoms with Crippen molar-refractivity contribution >= 4 is 44.9 Å². The van der Waals surface area contributed by atoms with Gasteiger partial charge < -0.3 is 9.80 Å². The van der Waals surface area contributed by atoms with E-state index in [9.17, 15) is 4.79 Å². The highest BCUT2D eigenvalue weighted by Gasteiger charge is 2.29. The minimum Gasteiger partial charge on any atom is -0.352 e. The van der Waals surface area contributed by atoms with Crippen LogP contribution in [0.4, 0.5) is 5.82 Å². The minimum atomic E-state index is -0.459. The maximum Gasteiger partial charge on any atom is 0.240 e. The first-order chi connectivity index (χ1) is 14.0. The molecule has 0 bridgehead atoms. The van der Waals surface area contributed by atoms with E-state index in [-0.39, 0.29) is 5.91 Å². The van der Waals surface area contributed by atoms with Crippen molar-refractivity contribution in [1.29, 1.82) is 0 Å². The summed E-state index contributed by atoms with van der Waals surface area (Å²) in [4.78, 5) is 29.2. The molecule has 2 aliphatic rings. The Morgan fingerprint density at radius 1 is 1.28 bits per heavy atom. The van der Waals surface area contributed by atoms with Crippen LogP contribution in [-0.2, 0) is 24.1 Å². The summed E-state index contributed by atoms with van der Waals surface area (Å²) in [6.45, 7) is 9.32. The van der Waals surface area contributed by atoms with E-state index in [1.165, 1.54) is 22.2 Å². The van der Waals surface area contributed by atoms with Crippen LogP contribution in [0.25, 0.3) is 10.2 Å². The van der Waals surface area contributed by atoms with Crippen molar-refractivity contribution in [3.63, 3.8) is 0 Å². The van der Waals surface area contributed by atoms with Crippen LogP contribution in [-0.4, -0.2) is 52.3 Å². The summed E-state index contributed by atoms with van der Waals surface area (Å²) < 4.78 is 0. The number of rotatable bonds is 5. The fourth-order valence-electron chi connectivity index (χ4n) is 4.43. The number of anilines is 1. The second-order valence-corrected chi connectivity index (χ2v) is 10.3. The van der Waals surface area contributed by atoms with E-state index in [0.717, 1.165) is 67.6 Å². The van der Waals surface area contributed by atoms with Gasteiger partial charge in [-0.25, -0.2) is 9.97 Å². The number of halogens is 1. The van der Waals surface area contributed by atoms with E-state index in [1.54, 1.807) is 6.92 Å². The summed E-state index contributed by atoms with van der Waals surface area (Å²) in [5, 5.41) is 0.821. The summed E-state index contributed by atoms with van der Waals surface area (Å²) >= 11 is 7.89. The SMILES string of the molecule is CCCCc1nc(N2CCN(C(=O)[C@H](C)Cl)CC2)c2c3c(sc2n1)C[C@H](C)CC3. The Balaban J connectivity index is 1.67. The van der Waals surface area contributed by atoms with E-state index >= 15 is 0 Å². The second-order valence-electron chi connectivity index (χ2n) is 8.53. The lowest BCUT2D eigenvalue weighted by atomic mass is 9.89. The van der Waals surface area contributed by atoms with Gasteiger partial charge in [0, 0.05) is 37.5 Å². The number of hydrogen-bond acceptors (Lipinski definition) is 5. The molecular formula is C22H31ClN4OS. The van der Waals surface area contributed by atoms with Gasteiger partial charge in [0.2, 0.25) is 5.91 Å². The van der Waals surface area contributed by atoms with Crippen LogP contribution in [0.2, 0.25) is 0 Å². The first-order valence-electron chi connectivity index (χ1n) is 11.0. The molecule has 1 amide bonds. The van der Waals surface area contributed by atoms with Crippen LogP contribution in [0.15, 0.2) is 0 Å². The lowest BCUT2D eigenvalue weighted by molar-refractivity contribution is -0.130. The van der Waals surface area contributed by atoms with Gasteiger partial charge in [0.15, 0.2) is 0 Å². The first-order valence-corrected chi connectivity index (χ1v) is 12.2. The van der Waals surface area contributed by atoms with Crippen LogP contribution < -0.4 is 4.90 Å². The molecule has 0 spiro atoms. The lowest BCUT2D eigenvalue weighted by Crippen LogP contribution is -2.50. The standard InChI is InChI=1S/C22H31ClN4OS/c1-4-5-6-18-24-20(26-9-11-27(12-10-26)22(28)15(3)23)19-16-8-7-14(2)13-17(16)29-21(19)25-18/h14-15H,4-13H2,1-3H3/t14-,15+/m1/s1. The van der Waals surface area contributed by atoms with Crippen LogP contribution in [0.3, 0.4) is 0 Å². The van der Waals surface area contributed by atoms with Crippen molar-refractivity contribution in [2.75, 3.05) is 31.1 Å². The molecule has 4 rings (SSSR count). The van der Waals surface area contributed by atoms with Crippen LogP contribution in [0.5, 0.6) is 0 Å². The molecule has 1 aliphatic heterocycles. The van der Waals surface area contributed by atoms with Gasteiger partial charge in [-0.15, -0.1) is 22.9 Å². The average Bonchev–Trinajstić information content (AvgIpc) is 3.08. The number of fused-ring (bicyclic) bond motifs is 3. The quantitative estimate of drug-likeness (QED) is 0.653. The molecule has 1 saturated heterocycles. The van der Waals surface area contributed by atoms with Gasteiger partial charge in [-0.2, -0.15) is 0 Å². The Kier molecular flexibility index (Phi) is 6.30. The van der Waals surface area contributed by atoms with Gasteiger partial charge in [0.25, 0.3) is 0 Å². The number of thiophene rings is 1. The molecule has 0 radical (unpaired) electrons. The van der Waals surface area contributed by atoms with Gasteiger partial charge in [-0.1, -0.05) is 20.3 Å². The fourth-order valence-corrected chi connectivity index (χ4v) is 5.97. The van der Waals surface area contributed by atoms with Gasteiger partial charge in [0.1, 0.15) is 21.8 Å². The highest BCUT2D eigenvalue weighted by atomic mass is 35.5. The minimum absolute atomic E-state index is 0.0321. The summed E-state index contributed by atoms with van der Waals surface area (Å²) in [5.41, 5.74) is 1.48. The highest BCUT2D eigenvalue weighted by molar-refractivity contribution is 7.19. The van der Waals surface area contributed by atoms with Crippen LogP contribution in [0, 0.1) is 5.92 Å². The molecule has 0 unspecified atom stereocenters. The predicted molar refractivity (Wildman–Crippen MR) is 121 cm³/mol. The van der Waals surface area contributed by atoms with E-state index in [0.29, 0.717) is 13.1 Å². The van der Waals surface area contributed by atoms with Crippen LogP contribution in [0.1, 0.15) is 56.3 Å². The van der Waals surface area contributed by atoms with Gasteiger partial charge >= 0.3 is 0 Å². The molecule has 0 aromatic carbocycles. The molecule has 7 heteroatoms. The largest absolute Gasteiger partial charge is 0.352 e. The molecule has 3 heterocycles. The monoisotopic (exact) mass is 434 g/mol. The molecule has 29 heavy (non-hydrogen) atoms. The average molecular weight is 435 g/mol. The molecule has 158 valence electrons. The zero-order valence-corrected chi connectivity index (χ0v) is 19.3. The van der Waals surface area contributed by atoms with Crippen molar-refractivity contribution in [2.24, 2.45) is 5.92 Å². The van der Waals surface area contributed by atoms with E-state index in [1.807, 2.05) is 16.2 Å². The predicted octanol–water partition coefficient (Wildman–Crippen LogP) is 4.43. The molecule has 0 saturated carbocycles. The molecule has 5 nitrogen and oxygen atoms in total. The van der Waals surface area contributed by atoms with Crippen LogP contribution >= 0.6 is 22.9 Å². The third-order valence-electron chi connectivity index (χ3n) is 6.17. The number of piperazine rings is 1. The number of amides is 1. The smallest absolute Gasteiger partial charge is 0.240 e. The number of carbonyl (C=O) groups excluding carboxylic acids is 1. The normalized spacial score (nSPS) is 20.8. The maximum atomic E-state index is 12.3. The molecule has 1 fully saturated rings. The topological polar surface area (TPSA) is 49.3 Å². The summed E-state index contributed by atoms with van der Waals surface area (Å²) in [5.74, 6) is 2.84. The number of carbonyl (C=O) groups is 1. The Morgan fingerprint density at radius 2 is 2.03 bits per heavy atom. The summed E-state index contributed by atoms with van der Waals surface area (Å²) in [6.07, 6.45) is 6.72. The number of unbranched alkanes of at least 4 members (excludes halogenated alkanes) is 1. The zero-order valence-electron chi connectivity index (χ0n) is 17.7. The molecule has 2 atom stereocenters. The number of aromatic nitrogens is 2. The van der Waals surface area contributed by atoms with Crippen molar-refractivity contribution in [1.82, 2.24) is 14.9 Å². The van der Waals surface area contributed by atoms with Gasteiger partial charge in [0.05, 0.1) is 5.39 Å². The molecule has 1 aliphatic carbocycles. The Bertz CT molecular complexity index is 889. The fraction of sp³-hybridized carbons (Fsp3) is 0.682. The van der Waals surface area contributed by atoms with Crippen molar-refractivity contribution < 1.29 is 4.79 Å². The molecular weight excluding hydrogens is 404 g/mol. The number of nitrogens with zero attached hydrogens (tertiary/aromatic N) is 4. The molecule has 0 N–H and O–H groups in total. The number of hydrogen-bond donors (Lipinski definition) is 0. The summed E-state index contributed by atoms with van der Waals surface area (Å²) in [6, 6.07) is 0. The number of aryl methyl sites for hydroxylation is 2. The van der Waals surface area contributed by atoms with Crippen molar-refractivity contribution in [3.05, 3.63) is 16.3 Å². The second kappa shape index (κ2) is 8.76. The highest BCUT2D eigenvalue weighted by Crippen LogP contribution is 2.41. The van der Waals surface area contributed by atoms with Crippen molar-refractivity contribution in [3.8, 4) is 0 Å². The van der Waals surface area contributed by atoms with Gasteiger partial charge in [-0.05, 0) is 44.1 Å². The number of alkyl halides is 1. The van der Waals surface area contributed by atoms with Gasteiger partial charge in [-0.3, -0.25) is 4.79 Å². The third-order valence-corrected chi connectivity index (χ3v) is 7.50. The Labute approximate surface area is 182 Å². The lowest BCUT2D eigenvalue weighted by Gasteiger charge is -2.36. The third kappa shape index (κ3) is 4.24. The first kappa shape index (κ1) is 20.9.